The van der Waals surface area contributed by atoms with E-state index in [9.17, 15) is 0 Å². The van der Waals surface area contributed by atoms with Crippen molar-refractivity contribution in [2.45, 2.75) is 78.9 Å². The average molecular weight is 400 g/mol. The zero-order valence-electron chi connectivity index (χ0n) is 15.8. The Labute approximate surface area is 143 Å². The first-order chi connectivity index (χ1) is 10.0. The zero-order valence-corrected chi connectivity index (χ0v) is 19.1. The maximum atomic E-state index is 2.63. The summed E-state index contributed by atoms with van der Waals surface area (Å²) in [6.45, 7) is 16.8. The van der Waals surface area contributed by atoms with Gasteiger partial charge in [-0.15, -0.1) is 0 Å². The van der Waals surface area contributed by atoms with Gasteiger partial charge in [0, 0.05) is 0 Å². The summed E-state index contributed by atoms with van der Waals surface area (Å²) in [7, 11) is 2.29. The molecule has 0 amide bonds. The van der Waals surface area contributed by atoms with Crippen LogP contribution in [-0.2, 0) is 0 Å². The van der Waals surface area contributed by atoms with Gasteiger partial charge in [-0.2, -0.15) is 0 Å². The van der Waals surface area contributed by atoms with E-state index in [0.717, 1.165) is 6.04 Å². The van der Waals surface area contributed by atoms with Crippen molar-refractivity contribution in [3.63, 3.8) is 0 Å². The van der Waals surface area contributed by atoms with Gasteiger partial charge in [0.2, 0.25) is 0 Å². The second-order valence-electron chi connectivity index (χ2n) is 6.96. The van der Waals surface area contributed by atoms with Crippen LogP contribution in [0.1, 0.15) is 60.3 Å². The van der Waals surface area contributed by atoms with E-state index in [4.69, 9.17) is 0 Å². The summed E-state index contributed by atoms with van der Waals surface area (Å²) in [5, 5.41) is 0. The van der Waals surface area contributed by atoms with Gasteiger partial charge in [0.25, 0.3) is 0 Å². The molecule has 0 saturated heterocycles. The quantitative estimate of drug-likeness (QED) is 0.416. The average Bonchev–Trinajstić information content (AvgIpc) is 2.43. The van der Waals surface area contributed by atoms with E-state index in [1.54, 1.807) is 12.5 Å². The number of rotatable bonds is 14. The third-order valence-electron chi connectivity index (χ3n) is 4.65. The van der Waals surface area contributed by atoms with Gasteiger partial charge in [-0.25, -0.2) is 0 Å². The van der Waals surface area contributed by atoms with Crippen LogP contribution in [0.5, 0.6) is 0 Å². The minimum atomic E-state index is -1.20. The first-order valence-electron chi connectivity index (χ1n) is 9.47. The van der Waals surface area contributed by atoms with E-state index >= 15 is 0 Å². The van der Waals surface area contributed by atoms with E-state index in [-0.39, 0.29) is 0 Å². The van der Waals surface area contributed by atoms with Gasteiger partial charge in [-0.3, -0.25) is 0 Å². The van der Waals surface area contributed by atoms with Crippen LogP contribution >= 0.6 is 0 Å². The molecule has 126 valence electrons. The second-order valence-corrected chi connectivity index (χ2v) is 16.9. The van der Waals surface area contributed by atoms with Crippen molar-refractivity contribution in [1.29, 1.82) is 0 Å². The standard InChI is InChI=1S/C8H18N.C7H16N.C3H7.In/c1-5-7-9(6-2)8(3)4;1-4-6-8(3)7-5-2;1-3-2;/h8H,1,5-7H2,2-4H3;1,4-7H2,2-3H3;1,3H2,2H3;. The molecule has 0 aromatic rings. The Bertz CT molecular complexity index is 221. The molecule has 3 heteroatoms. The first-order valence-corrected chi connectivity index (χ1v) is 16.5. The fourth-order valence-corrected chi connectivity index (χ4v) is 12.5. The van der Waals surface area contributed by atoms with Gasteiger partial charge in [-0.05, 0) is 0 Å². The normalized spacial score (nSPS) is 11.9. The SMILES string of the molecule is CCCN(C)CC[CH2][In]([CH2]CC)[CH2]CCN(CC)C(C)C. The number of hydrogen-bond donors (Lipinski definition) is 0. The second kappa shape index (κ2) is 14.4. The molecule has 0 aliphatic carbocycles. The van der Waals surface area contributed by atoms with Crippen molar-refractivity contribution in [3.8, 4) is 0 Å². The summed E-state index contributed by atoms with van der Waals surface area (Å²) in [6, 6.07) is 0.720. The maximum absolute atomic E-state index is 2.63. The van der Waals surface area contributed by atoms with Crippen molar-refractivity contribution in [1.82, 2.24) is 9.80 Å². The summed E-state index contributed by atoms with van der Waals surface area (Å²) in [5.41, 5.74) is 0. The molecule has 0 spiro atoms. The molecule has 0 saturated carbocycles. The molecule has 0 unspecified atom stereocenters. The molecule has 0 aliphatic heterocycles. The fourth-order valence-electron chi connectivity index (χ4n) is 3.35. The summed E-state index contributed by atoms with van der Waals surface area (Å²) in [5.74, 6) is 0. The van der Waals surface area contributed by atoms with Gasteiger partial charge in [0.05, 0.1) is 0 Å². The van der Waals surface area contributed by atoms with Crippen LogP contribution in [-0.4, -0.2) is 70.5 Å². The van der Waals surface area contributed by atoms with E-state index < -0.39 is 21.4 Å². The summed E-state index contributed by atoms with van der Waals surface area (Å²) >= 11 is -1.20. The molecule has 0 bridgehead atoms. The predicted molar refractivity (Wildman–Crippen MR) is 99.9 cm³/mol. The van der Waals surface area contributed by atoms with Gasteiger partial charge >= 0.3 is 143 Å². The molecule has 0 radical (unpaired) electrons. The van der Waals surface area contributed by atoms with E-state index in [2.05, 4.69) is 51.5 Å². The van der Waals surface area contributed by atoms with Crippen molar-refractivity contribution in [3.05, 3.63) is 0 Å². The van der Waals surface area contributed by atoms with Crippen molar-refractivity contribution in [2.24, 2.45) is 0 Å². The van der Waals surface area contributed by atoms with Crippen LogP contribution in [0.15, 0.2) is 0 Å². The van der Waals surface area contributed by atoms with Gasteiger partial charge < -0.3 is 0 Å². The molecule has 0 fully saturated rings. The van der Waals surface area contributed by atoms with Crippen molar-refractivity contribution < 1.29 is 0 Å². The van der Waals surface area contributed by atoms with E-state index in [1.165, 1.54) is 51.9 Å². The Morgan fingerprint density at radius 1 is 0.810 bits per heavy atom. The number of hydrogen-bond acceptors (Lipinski definition) is 2. The third-order valence-corrected chi connectivity index (χ3v) is 15.6. The van der Waals surface area contributed by atoms with Crippen LogP contribution < -0.4 is 0 Å². The summed E-state index contributed by atoms with van der Waals surface area (Å²) in [4.78, 5) is 5.15. The Kier molecular flexibility index (Phi) is 14.9. The predicted octanol–water partition coefficient (Wildman–Crippen LogP) is 4.74. The van der Waals surface area contributed by atoms with Crippen LogP contribution in [0.4, 0.5) is 0 Å². The Morgan fingerprint density at radius 3 is 1.90 bits per heavy atom. The molecular weight excluding hydrogens is 359 g/mol. The van der Waals surface area contributed by atoms with Gasteiger partial charge in [-0.1, -0.05) is 0 Å². The molecule has 21 heavy (non-hydrogen) atoms. The van der Waals surface area contributed by atoms with Crippen molar-refractivity contribution in [2.75, 3.05) is 33.2 Å². The molecule has 0 aromatic heterocycles. The Morgan fingerprint density at radius 2 is 1.43 bits per heavy atom. The first kappa shape index (κ1) is 21.8. The summed E-state index contributed by atoms with van der Waals surface area (Å²) in [6.07, 6.45) is 5.67. The minimum absolute atomic E-state index is 0.720. The fraction of sp³-hybridized carbons (Fsp3) is 1.00. The Balaban J connectivity index is 3.90. The molecule has 0 heterocycles. The topological polar surface area (TPSA) is 6.48 Å². The molecule has 0 atom stereocenters. The molecular formula is C18H41InN2. The molecule has 2 nitrogen and oxygen atoms in total. The summed E-state index contributed by atoms with van der Waals surface area (Å²) < 4.78 is 4.90. The van der Waals surface area contributed by atoms with Crippen LogP contribution in [0.2, 0.25) is 12.5 Å². The van der Waals surface area contributed by atoms with E-state index in [1.807, 2.05) is 0 Å². The molecule has 0 aliphatic rings. The van der Waals surface area contributed by atoms with Gasteiger partial charge in [0.15, 0.2) is 0 Å². The van der Waals surface area contributed by atoms with Crippen LogP contribution in [0.25, 0.3) is 0 Å². The van der Waals surface area contributed by atoms with Crippen LogP contribution in [0, 0.1) is 0 Å². The molecule has 0 aromatic carbocycles. The monoisotopic (exact) mass is 400 g/mol. The third kappa shape index (κ3) is 11.9. The Hall–Kier alpha value is 0.790. The molecule has 0 rings (SSSR count). The number of nitrogens with zero attached hydrogens (tertiary/aromatic N) is 2. The van der Waals surface area contributed by atoms with Crippen LogP contribution in [0.3, 0.4) is 0 Å². The van der Waals surface area contributed by atoms with Crippen molar-refractivity contribution >= 4 is 21.4 Å². The van der Waals surface area contributed by atoms with E-state index in [0.29, 0.717) is 0 Å². The molecule has 0 N–H and O–H groups in total. The van der Waals surface area contributed by atoms with Gasteiger partial charge in [0.1, 0.15) is 0 Å². The zero-order chi connectivity index (χ0) is 16.1.